The van der Waals surface area contributed by atoms with Gasteiger partial charge >= 0.3 is 0 Å². The first kappa shape index (κ1) is 12.9. The van der Waals surface area contributed by atoms with Crippen LogP contribution in [-0.2, 0) is 6.61 Å². The summed E-state index contributed by atoms with van der Waals surface area (Å²) in [6.45, 7) is 8.17. The highest BCUT2D eigenvalue weighted by Crippen LogP contribution is 2.12. The summed E-state index contributed by atoms with van der Waals surface area (Å²) in [6.07, 6.45) is 3.89. The molecule has 0 bridgehead atoms. The van der Waals surface area contributed by atoms with Gasteiger partial charge in [-0.05, 0) is 19.8 Å². The Balaban J connectivity index is 2.87. The average molecular weight is 223 g/mol. The molecule has 0 radical (unpaired) electrons. The van der Waals surface area contributed by atoms with Crippen molar-refractivity contribution in [2.45, 2.75) is 40.2 Å². The van der Waals surface area contributed by atoms with Crippen molar-refractivity contribution in [3.8, 4) is 0 Å². The molecular formula is C12H21N3O. The lowest BCUT2D eigenvalue weighted by molar-refractivity contribution is 0.280. The van der Waals surface area contributed by atoms with E-state index in [1.165, 1.54) is 0 Å². The van der Waals surface area contributed by atoms with Crippen molar-refractivity contribution in [2.75, 3.05) is 18.0 Å². The van der Waals surface area contributed by atoms with E-state index in [1.807, 2.05) is 6.92 Å². The molecular weight excluding hydrogens is 202 g/mol. The van der Waals surface area contributed by atoms with Crippen LogP contribution in [0.1, 0.15) is 37.9 Å². The molecule has 1 aromatic rings. The first-order valence-corrected chi connectivity index (χ1v) is 5.91. The highest BCUT2D eigenvalue weighted by atomic mass is 16.3. The smallest absolute Gasteiger partial charge is 0.225 e. The zero-order valence-electron chi connectivity index (χ0n) is 10.4. The lowest BCUT2D eigenvalue weighted by atomic mass is 10.2. The molecule has 0 saturated carbocycles. The Morgan fingerprint density at radius 2 is 1.88 bits per heavy atom. The summed E-state index contributed by atoms with van der Waals surface area (Å²) in [6, 6.07) is 0. The first-order chi connectivity index (χ1) is 7.72. The molecule has 1 aromatic heterocycles. The van der Waals surface area contributed by atoms with Crippen LogP contribution in [0, 0.1) is 6.92 Å². The van der Waals surface area contributed by atoms with Crippen LogP contribution in [0.5, 0.6) is 0 Å². The molecule has 0 atom stereocenters. The van der Waals surface area contributed by atoms with Gasteiger partial charge in [0.1, 0.15) is 0 Å². The zero-order chi connectivity index (χ0) is 12.0. The van der Waals surface area contributed by atoms with E-state index in [-0.39, 0.29) is 6.61 Å². The topological polar surface area (TPSA) is 49.2 Å². The average Bonchev–Trinajstić information content (AvgIpc) is 2.28. The highest BCUT2D eigenvalue weighted by molar-refractivity contribution is 5.32. The first-order valence-electron chi connectivity index (χ1n) is 5.91. The maximum Gasteiger partial charge on any atom is 0.225 e. The Hall–Kier alpha value is -1.16. The van der Waals surface area contributed by atoms with E-state index in [0.717, 1.165) is 43.1 Å². The van der Waals surface area contributed by atoms with Gasteiger partial charge < -0.3 is 10.0 Å². The Bertz CT molecular complexity index is 322. The zero-order valence-corrected chi connectivity index (χ0v) is 10.4. The molecule has 0 spiro atoms. The summed E-state index contributed by atoms with van der Waals surface area (Å²) in [5, 5.41) is 9.06. The van der Waals surface area contributed by atoms with Gasteiger partial charge in [-0.2, -0.15) is 0 Å². The standard InChI is InChI=1S/C12H21N3O/c1-4-6-15(7-5-2)12-13-8-11(9-16)10(3)14-12/h8,16H,4-7,9H2,1-3H3. The number of anilines is 1. The molecule has 0 fully saturated rings. The number of hydrogen-bond donors (Lipinski definition) is 1. The largest absolute Gasteiger partial charge is 0.392 e. The van der Waals surface area contributed by atoms with Gasteiger partial charge in [-0.15, -0.1) is 0 Å². The SMILES string of the molecule is CCCN(CCC)c1ncc(CO)c(C)n1. The highest BCUT2D eigenvalue weighted by Gasteiger charge is 2.09. The van der Waals surface area contributed by atoms with Crippen LogP contribution in [0.25, 0.3) is 0 Å². The van der Waals surface area contributed by atoms with Gasteiger partial charge in [0.05, 0.1) is 6.61 Å². The number of aryl methyl sites for hydroxylation is 1. The van der Waals surface area contributed by atoms with E-state index < -0.39 is 0 Å². The normalized spacial score (nSPS) is 10.5. The fourth-order valence-corrected chi connectivity index (χ4v) is 1.64. The molecule has 0 amide bonds. The van der Waals surface area contributed by atoms with Gasteiger partial charge in [-0.1, -0.05) is 13.8 Å². The number of aliphatic hydroxyl groups excluding tert-OH is 1. The second-order valence-corrected chi connectivity index (χ2v) is 3.93. The summed E-state index contributed by atoms with van der Waals surface area (Å²) in [7, 11) is 0. The third kappa shape index (κ3) is 3.17. The van der Waals surface area contributed by atoms with E-state index in [9.17, 15) is 0 Å². The third-order valence-electron chi connectivity index (χ3n) is 2.51. The summed E-state index contributed by atoms with van der Waals surface area (Å²) >= 11 is 0. The monoisotopic (exact) mass is 223 g/mol. The van der Waals surface area contributed by atoms with Crippen molar-refractivity contribution in [1.82, 2.24) is 9.97 Å². The maximum absolute atomic E-state index is 9.06. The molecule has 0 aliphatic carbocycles. The predicted octanol–water partition coefficient (Wildman–Crippen LogP) is 1.90. The molecule has 0 aromatic carbocycles. The van der Waals surface area contributed by atoms with E-state index in [4.69, 9.17) is 5.11 Å². The van der Waals surface area contributed by atoms with E-state index in [1.54, 1.807) is 6.20 Å². The van der Waals surface area contributed by atoms with Crippen LogP contribution in [-0.4, -0.2) is 28.2 Å². The van der Waals surface area contributed by atoms with Crippen molar-refractivity contribution in [1.29, 1.82) is 0 Å². The molecule has 1 rings (SSSR count). The lowest BCUT2D eigenvalue weighted by Crippen LogP contribution is -2.27. The number of aliphatic hydroxyl groups is 1. The Morgan fingerprint density at radius 1 is 1.25 bits per heavy atom. The molecule has 0 saturated heterocycles. The van der Waals surface area contributed by atoms with Gasteiger partial charge in [0.2, 0.25) is 5.95 Å². The van der Waals surface area contributed by atoms with Gasteiger partial charge in [0.25, 0.3) is 0 Å². The predicted molar refractivity (Wildman–Crippen MR) is 65.5 cm³/mol. The molecule has 0 aliphatic heterocycles. The quantitative estimate of drug-likeness (QED) is 0.800. The number of aromatic nitrogens is 2. The van der Waals surface area contributed by atoms with Crippen LogP contribution >= 0.6 is 0 Å². The van der Waals surface area contributed by atoms with Gasteiger partial charge in [-0.3, -0.25) is 0 Å². The fraction of sp³-hybridized carbons (Fsp3) is 0.667. The maximum atomic E-state index is 9.06. The Labute approximate surface area is 97.3 Å². The van der Waals surface area contributed by atoms with Crippen molar-refractivity contribution in [3.05, 3.63) is 17.5 Å². The minimum Gasteiger partial charge on any atom is -0.392 e. The van der Waals surface area contributed by atoms with Crippen LogP contribution in [0.15, 0.2) is 6.20 Å². The summed E-state index contributed by atoms with van der Waals surface area (Å²) in [5.41, 5.74) is 1.67. The van der Waals surface area contributed by atoms with Crippen LogP contribution in [0.2, 0.25) is 0 Å². The minimum absolute atomic E-state index is 0.00761. The number of nitrogens with zero attached hydrogens (tertiary/aromatic N) is 3. The Kier molecular flexibility index (Phi) is 5.19. The summed E-state index contributed by atoms with van der Waals surface area (Å²) < 4.78 is 0. The van der Waals surface area contributed by atoms with Crippen LogP contribution < -0.4 is 4.90 Å². The minimum atomic E-state index is 0.00761. The van der Waals surface area contributed by atoms with Gasteiger partial charge in [0.15, 0.2) is 0 Å². The van der Waals surface area contributed by atoms with Gasteiger partial charge in [-0.25, -0.2) is 9.97 Å². The van der Waals surface area contributed by atoms with Crippen molar-refractivity contribution in [3.63, 3.8) is 0 Å². The summed E-state index contributed by atoms with van der Waals surface area (Å²) in [4.78, 5) is 10.9. The molecule has 16 heavy (non-hydrogen) atoms. The second-order valence-electron chi connectivity index (χ2n) is 3.93. The number of rotatable bonds is 6. The Morgan fingerprint density at radius 3 is 2.31 bits per heavy atom. The fourth-order valence-electron chi connectivity index (χ4n) is 1.64. The lowest BCUT2D eigenvalue weighted by Gasteiger charge is -2.21. The van der Waals surface area contributed by atoms with E-state index >= 15 is 0 Å². The molecule has 90 valence electrons. The number of hydrogen-bond acceptors (Lipinski definition) is 4. The van der Waals surface area contributed by atoms with Gasteiger partial charge in [0, 0.05) is 30.5 Å². The molecule has 1 heterocycles. The van der Waals surface area contributed by atoms with E-state index in [0.29, 0.717) is 0 Å². The summed E-state index contributed by atoms with van der Waals surface area (Å²) in [5.74, 6) is 0.776. The van der Waals surface area contributed by atoms with E-state index in [2.05, 4.69) is 28.7 Å². The van der Waals surface area contributed by atoms with Crippen molar-refractivity contribution < 1.29 is 5.11 Å². The second kappa shape index (κ2) is 6.43. The van der Waals surface area contributed by atoms with Crippen molar-refractivity contribution >= 4 is 5.95 Å². The molecule has 1 N–H and O–H groups in total. The van der Waals surface area contributed by atoms with Crippen LogP contribution in [0.4, 0.5) is 5.95 Å². The van der Waals surface area contributed by atoms with Crippen LogP contribution in [0.3, 0.4) is 0 Å². The van der Waals surface area contributed by atoms with Crippen molar-refractivity contribution in [2.24, 2.45) is 0 Å². The third-order valence-corrected chi connectivity index (χ3v) is 2.51. The molecule has 0 aliphatic rings. The molecule has 0 unspecified atom stereocenters. The molecule has 4 heteroatoms. The molecule has 4 nitrogen and oxygen atoms in total.